The van der Waals surface area contributed by atoms with Crippen molar-refractivity contribution in [2.24, 2.45) is 0 Å². The summed E-state index contributed by atoms with van der Waals surface area (Å²) in [7, 11) is 0. The highest BCUT2D eigenvalue weighted by molar-refractivity contribution is 4.88. The zero-order valence-electron chi connectivity index (χ0n) is 8.54. The van der Waals surface area contributed by atoms with Crippen LogP contribution < -0.4 is 5.32 Å². The highest BCUT2D eigenvalue weighted by Crippen LogP contribution is 2.17. The Labute approximate surface area is 84.9 Å². The molecule has 0 amide bonds. The third-order valence-corrected chi connectivity index (χ3v) is 2.90. The van der Waals surface area contributed by atoms with Gasteiger partial charge in [0.05, 0.1) is 12.7 Å². The van der Waals surface area contributed by atoms with Crippen molar-refractivity contribution in [1.29, 1.82) is 0 Å². The molecular weight excluding hydrogens is 176 g/mol. The van der Waals surface area contributed by atoms with Crippen LogP contribution in [0.3, 0.4) is 0 Å². The molecule has 0 radical (unpaired) electrons. The zero-order valence-corrected chi connectivity index (χ0v) is 8.54. The number of aromatic nitrogens is 1. The van der Waals surface area contributed by atoms with E-state index in [0.29, 0.717) is 6.04 Å². The maximum absolute atomic E-state index is 5.18. The van der Waals surface area contributed by atoms with E-state index in [9.17, 15) is 0 Å². The van der Waals surface area contributed by atoms with Crippen LogP contribution in [0.2, 0.25) is 0 Å². The summed E-state index contributed by atoms with van der Waals surface area (Å²) in [5.74, 6) is 0.939. The van der Waals surface area contributed by atoms with Gasteiger partial charge >= 0.3 is 0 Å². The van der Waals surface area contributed by atoms with Crippen molar-refractivity contribution in [2.75, 3.05) is 0 Å². The second-order valence-electron chi connectivity index (χ2n) is 4.04. The number of oxazole rings is 1. The van der Waals surface area contributed by atoms with Gasteiger partial charge in [-0.15, -0.1) is 0 Å². The van der Waals surface area contributed by atoms with Crippen molar-refractivity contribution in [3.8, 4) is 0 Å². The highest BCUT2D eigenvalue weighted by Gasteiger charge is 2.11. The molecule has 0 aromatic carbocycles. The summed E-state index contributed by atoms with van der Waals surface area (Å²) >= 11 is 0. The Balaban J connectivity index is 1.73. The number of nitrogens with zero attached hydrogens (tertiary/aromatic N) is 1. The van der Waals surface area contributed by atoms with Gasteiger partial charge in [0.25, 0.3) is 0 Å². The first-order chi connectivity index (χ1) is 6.95. The molecule has 1 aromatic heterocycles. The van der Waals surface area contributed by atoms with Crippen molar-refractivity contribution < 1.29 is 4.42 Å². The predicted molar refractivity (Wildman–Crippen MR) is 54.8 cm³/mol. The van der Waals surface area contributed by atoms with Crippen molar-refractivity contribution in [2.45, 2.75) is 51.1 Å². The lowest BCUT2D eigenvalue weighted by molar-refractivity contribution is 0.415. The lowest BCUT2D eigenvalue weighted by Gasteiger charge is -2.14. The molecule has 0 spiro atoms. The molecule has 0 bridgehead atoms. The molecule has 14 heavy (non-hydrogen) atoms. The molecule has 1 heterocycles. The molecule has 1 fully saturated rings. The van der Waals surface area contributed by atoms with Crippen LogP contribution in [0.25, 0.3) is 0 Å². The van der Waals surface area contributed by atoms with E-state index in [4.69, 9.17) is 4.42 Å². The monoisotopic (exact) mass is 194 g/mol. The summed E-state index contributed by atoms with van der Waals surface area (Å²) in [6, 6.07) is 0.683. The molecule has 0 unspecified atom stereocenters. The molecule has 78 valence electrons. The third-order valence-electron chi connectivity index (χ3n) is 2.90. The van der Waals surface area contributed by atoms with Crippen molar-refractivity contribution >= 4 is 0 Å². The fourth-order valence-electron chi connectivity index (χ4n) is 2.06. The van der Waals surface area contributed by atoms with E-state index in [-0.39, 0.29) is 0 Å². The molecule has 1 aromatic rings. The lowest BCUT2D eigenvalue weighted by Crippen LogP contribution is -2.27. The number of hydrogen-bond donors (Lipinski definition) is 1. The average molecular weight is 194 g/mol. The van der Waals surface area contributed by atoms with Gasteiger partial charge in [-0.25, -0.2) is 4.98 Å². The summed E-state index contributed by atoms with van der Waals surface area (Å²) in [4.78, 5) is 3.90. The minimum absolute atomic E-state index is 0.683. The Morgan fingerprint density at radius 3 is 2.71 bits per heavy atom. The highest BCUT2D eigenvalue weighted by atomic mass is 16.3. The van der Waals surface area contributed by atoms with Crippen LogP contribution in [0.15, 0.2) is 17.0 Å². The molecule has 0 atom stereocenters. The van der Waals surface area contributed by atoms with E-state index >= 15 is 0 Å². The maximum atomic E-state index is 5.18. The molecule has 1 aliphatic rings. The SMILES string of the molecule is c1ncc(CNC2CCCCCC2)o1. The van der Waals surface area contributed by atoms with Crippen LogP contribution in [-0.4, -0.2) is 11.0 Å². The summed E-state index contributed by atoms with van der Waals surface area (Å²) < 4.78 is 5.18. The zero-order chi connectivity index (χ0) is 9.64. The molecule has 1 saturated carbocycles. The minimum atomic E-state index is 0.683. The van der Waals surface area contributed by atoms with Gasteiger partial charge in [0, 0.05) is 6.04 Å². The Bertz CT molecular complexity index is 238. The number of hydrogen-bond acceptors (Lipinski definition) is 3. The molecule has 0 saturated heterocycles. The van der Waals surface area contributed by atoms with E-state index in [0.717, 1.165) is 12.3 Å². The molecule has 1 aliphatic carbocycles. The van der Waals surface area contributed by atoms with Gasteiger partial charge in [0.2, 0.25) is 0 Å². The normalized spacial score (nSPS) is 19.4. The molecule has 3 nitrogen and oxygen atoms in total. The molecular formula is C11H18N2O. The van der Waals surface area contributed by atoms with Crippen LogP contribution in [0, 0.1) is 0 Å². The fourth-order valence-corrected chi connectivity index (χ4v) is 2.06. The van der Waals surface area contributed by atoms with E-state index in [1.807, 2.05) is 0 Å². The van der Waals surface area contributed by atoms with E-state index in [1.165, 1.54) is 44.9 Å². The quantitative estimate of drug-likeness (QED) is 0.751. The average Bonchev–Trinajstić information content (AvgIpc) is 2.58. The van der Waals surface area contributed by atoms with Gasteiger partial charge in [-0.3, -0.25) is 0 Å². The largest absolute Gasteiger partial charge is 0.447 e. The summed E-state index contributed by atoms with van der Waals surface area (Å²) in [5.41, 5.74) is 0. The number of nitrogens with one attached hydrogen (secondary N) is 1. The minimum Gasteiger partial charge on any atom is -0.447 e. The third kappa shape index (κ3) is 2.84. The summed E-state index contributed by atoms with van der Waals surface area (Å²) in [6.07, 6.45) is 11.4. The second-order valence-corrected chi connectivity index (χ2v) is 4.04. The standard InChI is InChI=1S/C11H18N2O/c1-2-4-6-10(5-3-1)13-8-11-7-12-9-14-11/h7,9-10,13H,1-6,8H2. The maximum Gasteiger partial charge on any atom is 0.180 e. The van der Waals surface area contributed by atoms with Crippen molar-refractivity contribution in [3.63, 3.8) is 0 Å². The topological polar surface area (TPSA) is 38.1 Å². The van der Waals surface area contributed by atoms with Crippen LogP contribution in [-0.2, 0) is 6.54 Å². The molecule has 1 N–H and O–H groups in total. The Morgan fingerprint density at radius 1 is 1.29 bits per heavy atom. The molecule has 2 rings (SSSR count). The summed E-state index contributed by atoms with van der Waals surface area (Å²) in [5, 5.41) is 3.53. The van der Waals surface area contributed by atoms with Crippen molar-refractivity contribution in [3.05, 3.63) is 18.4 Å². The predicted octanol–water partition coefficient (Wildman–Crippen LogP) is 2.49. The summed E-state index contributed by atoms with van der Waals surface area (Å²) in [6.45, 7) is 0.824. The molecule has 0 aliphatic heterocycles. The van der Waals surface area contributed by atoms with Gasteiger partial charge in [0.15, 0.2) is 6.39 Å². The van der Waals surface area contributed by atoms with Gasteiger partial charge < -0.3 is 9.73 Å². The van der Waals surface area contributed by atoms with Crippen LogP contribution in [0.1, 0.15) is 44.3 Å². The van der Waals surface area contributed by atoms with Gasteiger partial charge in [-0.1, -0.05) is 25.7 Å². The lowest BCUT2D eigenvalue weighted by atomic mass is 10.1. The van der Waals surface area contributed by atoms with Gasteiger partial charge in [-0.05, 0) is 12.8 Å². The Kier molecular flexibility index (Phi) is 3.57. The fraction of sp³-hybridized carbons (Fsp3) is 0.727. The first-order valence-electron chi connectivity index (χ1n) is 5.56. The van der Waals surface area contributed by atoms with Gasteiger partial charge in [-0.2, -0.15) is 0 Å². The molecule has 3 heteroatoms. The first-order valence-corrected chi connectivity index (χ1v) is 5.56. The van der Waals surface area contributed by atoms with E-state index < -0.39 is 0 Å². The smallest absolute Gasteiger partial charge is 0.180 e. The van der Waals surface area contributed by atoms with Crippen molar-refractivity contribution in [1.82, 2.24) is 10.3 Å². The van der Waals surface area contributed by atoms with Crippen LogP contribution in [0.4, 0.5) is 0 Å². The number of rotatable bonds is 3. The van der Waals surface area contributed by atoms with Crippen LogP contribution >= 0.6 is 0 Å². The first kappa shape index (κ1) is 9.71. The van der Waals surface area contributed by atoms with E-state index in [2.05, 4.69) is 10.3 Å². The van der Waals surface area contributed by atoms with E-state index in [1.54, 1.807) is 6.20 Å². The Morgan fingerprint density at radius 2 is 2.07 bits per heavy atom. The Hall–Kier alpha value is -0.830. The van der Waals surface area contributed by atoms with Gasteiger partial charge in [0.1, 0.15) is 5.76 Å². The second kappa shape index (κ2) is 5.15. The van der Waals surface area contributed by atoms with Crippen LogP contribution in [0.5, 0.6) is 0 Å².